The maximum Gasteiger partial charge on any atom is 0.357 e. The van der Waals surface area contributed by atoms with Gasteiger partial charge in [0.25, 0.3) is 0 Å². The molecule has 1 atom stereocenters. The van der Waals surface area contributed by atoms with E-state index in [1.54, 1.807) is 18.2 Å². The molecule has 0 saturated heterocycles. The number of aromatic nitrogens is 1. The lowest BCUT2D eigenvalue weighted by molar-refractivity contribution is 0.0596. The summed E-state index contributed by atoms with van der Waals surface area (Å²) in [4.78, 5) is 16.1. The molecule has 27 heavy (non-hydrogen) atoms. The van der Waals surface area contributed by atoms with Crippen LogP contribution in [0.1, 0.15) is 42.6 Å². The topological polar surface area (TPSA) is 111 Å². The number of fused-ring (bicyclic) bond motifs is 1. The molecule has 0 aliphatic heterocycles. The monoisotopic (exact) mass is 391 g/mol. The number of hydrogen-bond donors (Lipinski definition) is 2. The molecule has 1 fully saturated rings. The number of carbonyl (C=O) groups is 1. The van der Waals surface area contributed by atoms with Gasteiger partial charge >= 0.3 is 5.97 Å². The zero-order chi connectivity index (χ0) is 19.4. The molecule has 1 aliphatic carbocycles. The second kappa shape index (κ2) is 8.33. The van der Waals surface area contributed by atoms with Gasteiger partial charge in [-0.05, 0) is 30.9 Å². The predicted octanol–water partition coefficient (Wildman–Crippen LogP) is 2.21. The molecule has 3 rings (SSSR count). The van der Waals surface area contributed by atoms with Gasteiger partial charge in [-0.3, -0.25) is 0 Å². The summed E-state index contributed by atoms with van der Waals surface area (Å²) in [5, 5.41) is 0.869. The number of sulfonamides is 1. The smallest absolute Gasteiger partial charge is 0.357 e. The van der Waals surface area contributed by atoms with Gasteiger partial charge in [0, 0.05) is 29.6 Å². The molecule has 3 N–H and O–H groups in total. The van der Waals surface area contributed by atoms with Gasteiger partial charge in [0.1, 0.15) is 0 Å². The van der Waals surface area contributed by atoms with Crippen molar-refractivity contribution in [3.63, 3.8) is 0 Å². The maximum atomic E-state index is 13.1. The molecule has 7 nitrogen and oxygen atoms in total. The summed E-state index contributed by atoms with van der Waals surface area (Å²) in [6.07, 6.45) is 6.77. The zero-order valence-electron chi connectivity index (χ0n) is 15.3. The minimum Gasteiger partial charge on any atom is -0.464 e. The van der Waals surface area contributed by atoms with Gasteiger partial charge < -0.3 is 10.5 Å². The number of nitrogens with two attached hydrogens (primary N) is 1. The van der Waals surface area contributed by atoms with Crippen LogP contribution in [0.3, 0.4) is 0 Å². The molecule has 0 radical (unpaired) electrons. The van der Waals surface area contributed by atoms with E-state index < -0.39 is 16.0 Å². The average Bonchev–Trinajstić information content (AvgIpc) is 2.71. The molecule has 1 heterocycles. The van der Waals surface area contributed by atoms with Gasteiger partial charge in [0.2, 0.25) is 10.0 Å². The van der Waals surface area contributed by atoms with Gasteiger partial charge in [-0.25, -0.2) is 22.9 Å². The molecule has 146 valence electrons. The largest absolute Gasteiger partial charge is 0.464 e. The Morgan fingerprint density at radius 3 is 2.67 bits per heavy atom. The van der Waals surface area contributed by atoms with E-state index in [9.17, 15) is 13.2 Å². The molecule has 1 aromatic carbocycles. The third-order valence-electron chi connectivity index (χ3n) is 5.21. The van der Waals surface area contributed by atoms with Gasteiger partial charge in [0.05, 0.1) is 12.0 Å². The van der Waals surface area contributed by atoms with Crippen molar-refractivity contribution in [2.45, 2.75) is 43.0 Å². The molecule has 0 spiro atoms. The quantitative estimate of drug-likeness (QED) is 0.730. The number of ether oxygens (including phenoxy) is 1. The second-order valence-corrected chi connectivity index (χ2v) is 8.55. The first kappa shape index (κ1) is 19.7. The number of benzene rings is 1. The van der Waals surface area contributed by atoms with E-state index in [-0.39, 0.29) is 29.1 Å². The van der Waals surface area contributed by atoms with Crippen molar-refractivity contribution in [1.82, 2.24) is 9.71 Å². The molecule has 2 aromatic rings. The molecule has 8 heteroatoms. The Balaban J connectivity index is 1.99. The third-order valence-corrected chi connectivity index (χ3v) is 6.76. The van der Waals surface area contributed by atoms with E-state index in [1.165, 1.54) is 25.8 Å². The van der Waals surface area contributed by atoms with E-state index in [0.717, 1.165) is 25.7 Å². The Morgan fingerprint density at radius 2 is 2.00 bits per heavy atom. The van der Waals surface area contributed by atoms with Crippen molar-refractivity contribution < 1.29 is 17.9 Å². The zero-order valence-corrected chi connectivity index (χ0v) is 16.2. The molecule has 1 saturated carbocycles. The van der Waals surface area contributed by atoms with Crippen LogP contribution in [0.4, 0.5) is 0 Å². The Labute approximate surface area is 159 Å². The summed E-state index contributed by atoms with van der Waals surface area (Å²) in [5.74, 6) is -0.356. The van der Waals surface area contributed by atoms with Gasteiger partial charge in [0.15, 0.2) is 5.69 Å². The summed E-state index contributed by atoms with van der Waals surface area (Å²) in [5.41, 5.74) is 5.98. The number of rotatable bonds is 6. The van der Waals surface area contributed by atoms with E-state index in [2.05, 4.69) is 9.71 Å². The van der Waals surface area contributed by atoms with Crippen molar-refractivity contribution >= 4 is 26.8 Å². The Kier molecular flexibility index (Phi) is 6.08. The second-order valence-electron chi connectivity index (χ2n) is 6.86. The van der Waals surface area contributed by atoms with E-state index in [4.69, 9.17) is 10.5 Å². The first-order chi connectivity index (χ1) is 13.0. The number of carbonyl (C=O) groups excluding carboxylic acids is 1. The number of nitrogens with zero attached hydrogens (tertiary/aromatic N) is 1. The number of esters is 1. The highest BCUT2D eigenvalue weighted by molar-refractivity contribution is 7.89. The number of methoxy groups -OCH3 is 1. The van der Waals surface area contributed by atoms with Gasteiger partial charge in [-0.1, -0.05) is 31.4 Å². The standard InChI is InChI=1S/C19H25N3O4S/c1-26-19(23)18-15-8-5-9-17(14(15)10-11-21-18)27(24,25)22-16(12-20)13-6-3-2-4-7-13/h5,8-11,13,16,22H,2-4,6-7,12,20H2,1H3. The normalized spacial score (nSPS) is 17.0. The highest BCUT2D eigenvalue weighted by Crippen LogP contribution is 2.29. The van der Waals surface area contributed by atoms with Crippen LogP contribution in [-0.4, -0.2) is 39.1 Å². The average molecular weight is 391 g/mol. The first-order valence-corrected chi connectivity index (χ1v) is 10.6. The summed E-state index contributed by atoms with van der Waals surface area (Å²) in [6.45, 7) is 0.254. The minimum absolute atomic E-state index is 0.0923. The molecule has 1 unspecified atom stereocenters. The fraction of sp³-hybridized carbons (Fsp3) is 0.474. The van der Waals surface area contributed by atoms with Crippen molar-refractivity contribution in [2.75, 3.05) is 13.7 Å². The lowest BCUT2D eigenvalue weighted by atomic mass is 9.84. The number of hydrogen-bond acceptors (Lipinski definition) is 6. The Morgan fingerprint density at radius 1 is 1.26 bits per heavy atom. The van der Waals surface area contributed by atoms with Crippen molar-refractivity contribution in [3.8, 4) is 0 Å². The van der Waals surface area contributed by atoms with Crippen LogP contribution < -0.4 is 10.5 Å². The van der Waals surface area contributed by atoms with Crippen LogP contribution >= 0.6 is 0 Å². The molecule has 1 aromatic heterocycles. The predicted molar refractivity (Wildman–Crippen MR) is 103 cm³/mol. The SMILES string of the molecule is COC(=O)c1nccc2c(S(=O)(=O)NC(CN)C3CCCCC3)cccc12. The summed E-state index contributed by atoms with van der Waals surface area (Å²) in [7, 11) is -2.54. The van der Waals surface area contributed by atoms with Crippen molar-refractivity contribution in [2.24, 2.45) is 11.7 Å². The van der Waals surface area contributed by atoms with E-state index in [0.29, 0.717) is 10.8 Å². The summed E-state index contributed by atoms with van der Waals surface area (Å²) < 4.78 is 33.8. The first-order valence-electron chi connectivity index (χ1n) is 9.16. The van der Waals surface area contributed by atoms with Crippen molar-refractivity contribution in [1.29, 1.82) is 0 Å². The highest BCUT2D eigenvalue weighted by atomic mass is 32.2. The fourth-order valence-corrected chi connectivity index (χ4v) is 5.35. The molecular weight excluding hydrogens is 366 g/mol. The minimum atomic E-state index is -3.81. The van der Waals surface area contributed by atoms with Gasteiger partial charge in [-0.2, -0.15) is 0 Å². The van der Waals surface area contributed by atoms with Gasteiger partial charge in [-0.15, -0.1) is 0 Å². The highest BCUT2D eigenvalue weighted by Gasteiger charge is 2.28. The summed E-state index contributed by atoms with van der Waals surface area (Å²) >= 11 is 0. The number of pyridine rings is 1. The molecule has 1 aliphatic rings. The maximum absolute atomic E-state index is 13.1. The third kappa shape index (κ3) is 4.12. The molecule has 0 bridgehead atoms. The lowest BCUT2D eigenvalue weighted by Gasteiger charge is -2.30. The van der Waals surface area contributed by atoms with Crippen LogP contribution in [0.15, 0.2) is 35.4 Å². The van der Waals surface area contributed by atoms with Crippen LogP contribution in [0.5, 0.6) is 0 Å². The Hall–Kier alpha value is -2.03. The summed E-state index contributed by atoms with van der Waals surface area (Å²) in [6, 6.07) is 6.08. The van der Waals surface area contributed by atoms with Crippen LogP contribution in [0.25, 0.3) is 10.8 Å². The van der Waals surface area contributed by atoms with Crippen LogP contribution in [0, 0.1) is 5.92 Å². The molecule has 0 amide bonds. The Bertz CT molecular complexity index is 924. The lowest BCUT2D eigenvalue weighted by Crippen LogP contribution is -2.45. The van der Waals surface area contributed by atoms with Crippen LogP contribution in [0.2, 0.25) is 0 Å². The van der Waals surface area contributed by atoms with E-state index in [1.807, 2.05) is 0 Å². The molecular formula is C19H25N3O4S. The number of nitrogens with one attached hydrogen (secondary N) is 1. The van der Waals surface area contributed by atoms with Crippen LogP contribution in [-0.2, 0) is 14.8 Å². The fourth-order valence-electron chi connectivity index (χ4n) is 3.81. The van der Waals surface area contributed by atoms with Crippen molar-refractivity contribution in [3.05, 3.63) is 36.2 Å². The van der Waals surface area contributed by atoms with E-state index >= 15 is 0 Å².